The van der Waals surface area contributed by atoms with Gasteiger partial charge in [-0.3, -0.25) is 9.59 Å². The van der Waals surface area contributed by atoms with E-state index in [1.54, 1.807) is 16.9 Å². The molecule has 1 aromatic heterocycles. The minimum atomic E-state index is -0.130. The van der Waals surface area contributed by atoms with Crippen molar-refractivity contribution in [1.82, 2.24) is 14.4 Å². The van der Waals surface area contributed by atoms with Crippen LogP contribution in [0.1, 0.15) is 56.2 Å². The molecule has 6 heteroatoms. The van der Waals surface area contributed by atoms with E-state index in [4.69, 9.17) is 4.74 Å². The Labute approximate surface area is 186 Å². The second-order valence-electron chi connectivity index (χ2n) is 9.27. The third-order valence-electron chi connectivity index (χ3n) is 5.51. The second kappa shape index (κ2) is 10.6. The van der Waals surface area contributed by atoms with Crippen molar-refractivity contribution in [3.05, 3.63) is 59.4 Å². The SMILES string of the molecule is COCCN(Cc1cccn1C)C(=O)CN(C(=O)c1ccc(C(C)(C)C)cc1)C(C)C. The molecule has 0 aliphatic rings. The van der Waals surface area contributed by atoms with Crippen molar-refractivity contribution in [2.75, 3.05) is 26.8 Å². The molecule has 2 amide bonds. The molecule has 1 heterocycles. The highest BCUT2D eigenvalue weighted by atomic mass is 16.5. The molecular weight excluding hydrogens is 390 g/mol. The van der Waals surface area contributed by atoms with Gasteiger partial charge in [0.2, 0.25) is 5.91 Å². The van der Waals surface area contributed by atoms with Gasteiger partial charge in [-0.05, 0) is 49.1 Å². The molecule has 0 unspecified atom stereocenters. The molecule has 0 atom stereocenters. The number of carbonyl (C=O) groups excluding carboxylic acids is 2. The van der Waals surface area contributed by atoms with Gasteiger partial charge < -0.3 is 19.1 Å². The van der Waals surface area contributed by atoms with Crippen molar-refractivity contribution in [2.45, 2.75) is 52.6 Å². The number of hydrogen-bond acceptors (Lipinski definition) is 3. The fourth-order valence-electron chi connectivity index (χ4n) is 3.36. The molecule has 0 saturated carbocycles. The summed E-state index contributed by atoms with van der Waals surface area (Å²) in [5.41, 5.74) is 2.82. The molecule has 170 valence electrons. The molecule has 6 nitrogen and oxygen atoms in total. The number of carbonyl (C=O) groups is 2. The lowest BCUT2D eigenvalue weighted by atomic mass is 9.86. The highest BCUT2D eigenvalue weighted by Gasteiger charge is 2.25. The van der Waals surface area contributed by atoms with E-state index in [0.717, 1.165) is 5.69 Å². The normalized spacial score (nSPS) is 11.6. The topological polar surface area (TPSA) is 54.8 Å². The van der Waals surface area contributed by atoms with E-state index in [-0.39, 0.29) is 29.8 Å². The van der Waals surface area contributed by atoms with Crippen LogP contribution in [0.3, 0.4) is 0 Å². The van der Waals surface area contributed by atoms with Crippen LogP contribution < -0.4 is 0 Å². The highest BCUT2D eigenvalue weighted by molar-refractivity contribution is 5.96. The summed E-state index contributed by atoms with van der Waals surface area (Å²) < 4.78 is 7.19. The van der Waals surface area contributed by atoms with Gasteiger partial charge in [0.25, 0.3) is 5.91 Å². The summed E-state index contributed by atoms with van der Waals surface area (Å²) >= 11 is 0. The fraction of sp³-hybridized carbons (Fsp3) is 0.520. The molecular formula is C25H37N3O3. The van der Waals surface area contributed by atoms with Gasteiger partial charge in [-0.15, -0.1) is 0 Å². The first-order valence-electron chi connectivity index (χ1n) is 10.8. The van der Waals surface area contributed by atoms with Gasteiger partial charge in [-0.1, -0.05) is 32.9 Å². The molecule has 0 saturated heterocycles. The average Bonchev–Trinajstić information content (AvgIpc) is 3.12. The van der Waals surface area contributed by atoms with Gasteiger partial charge in [0, 0.05) is 44.2 Å². The second-order valence-corrected chi connectivity index (χ2v) is 9.27. The van der Waals surface area contributed by atoms with E-state index in [2.05, 4.69) is 20.8 Å². The maximum atomic E-state index is 13.2. The third-order valence-corrected chi connectivity index (χ3v) is 5.51. The molecule has 0 spiro atoms. The molecule has 0 bridgehead atoms. The van der Waals surface area contributed by atoms with Gasteiger partial charge in [-0.2, -0.15) is 0 Å². The molecule has 2 aromatic rings. The first kappa shape index (κ1) is 24.7. The number of aryl methyl sites for hydroxylation is 1. The van der Waals surface area contributed by atoms with Gasteiger partial charge in [0.15, 0.2) is 0 Å². The van der Waals surface area contributed by atoms with E-state index < -0.39 is 0 Å². The Hall–Kier alpha value is -2.60. The van der Waals surface area contributed by atoms with Crippen molar-refractivity contribution >= 4 is 11.8 Å². The minimum absolute atomic E-state index is 0.0219. The minimum Gasteiger partial charge on any atom is -0.383 e. The number of aromatic nitrogens is 1. The summed E-state index contributed by atoms with van der Waals surface area (Å²) in [7, 11) is 3.58. The van der Waals surface area contributed by atoms with Crippen LogP contribution in [0.5, 0.6) is 0 Å². The Morgan fingerprint density at radius 1 is 1.10 bits per heavy atom. The van der Waals surface area contributed by atoms with Crippen molar-refractivity contribution in [3.8, 4) is 0 Å². The number of hydrogen-bond donors (Lipinski definition) is 0. The van der Waals surface area contributed by atoms with E-state index in [1.807, 2.05) is 68.1 Å². The van der Waals surface area contributed by atoms with Crippen LogP contribution >= 0.6 is 0 Å². The molecule has 0 aliphatic heterocycles. The average molecular weight is 428 g/mol. The van der Waals surface area contributed by atoms with E-state index in [0.29, 0.717) is 25.3 Å². The summed E-state index contributed by atoms with van der Waals surface area (Å²) in [6, 6.07) is 11.6. The van der Waals surface area contributed by atoms with Crippen LogP contribution in [0.15, 0.2) is 42.6 Å². The van der Waals surface area contributed by atoms with Crippen LogP contribution in [0.4, 0.5) is 0 Å². The van der Waals surface area contributed by atoms with Crippen LogP contribution in [-0.4, -0.2) is 59.0 Å². The molecule has 0 aliphatic carbocycles. The molecule has 1 aromatic carbocycles. The lowest BCUT2D eigenvalue weighted by molar-refractivity contribution is -0.133. The van der Waals surface area contributed by atoms with Crippen molar-refractivity contribution in [2.24, 2.45) is 7.05 Å². The van der Waals surface area contributed by atoms with Crippen LogP contribution in [0, 0.1) is 0 Å². The van der Waals surface area contributed by atoms with Crippen LogP contribution in [-0.2, 0) is 28.5 Å². The number of nitrogens with zero attached hydrogens (tertiary/aromatic N) is 3. The number of rotatable bonds is 9. The maximum Gasteiger partial charge on any atom is 0.254 e. The standard InChI is InChI=1S/C25H37N3O3/c1-19(2)28(24(30)20-10-12-21(13-11-20)25(3,4)5)18-23(29)27(15-16-31-7)17-22-9-8-14-26(22)6/h8-14,19H,15-18H2,1-7H3. The lowest BCUT2D eigenvalue weighted by Crippen LogP contribution is -2.46. The van der Waals surface area contributed by atoms with E-state index >= 15 is 0 Å². The summed E-state index contributed by atoms with van der Waals surface area (Å²) in [5.74, 6) is -0.221. The predicted molar refractivity (Wildman–Crippen MR) is 124 cm³/mol. The Morgan fingerprint density at radius 3 is 2.23 bits per heavy atom. The predicted octanol–water partition coefficient (Wildman–Crippen LogP) is 3.85. The largest absolute Gasteiger partial charge is 0.383 e. The Balaban J connectivity index is 2.18. The first-order valence-corrected chi connectivity index (χ1v) is 10.8. The van der Waals surface area contributed by atoms with E-state index in [9.17, 15) is 9.59 Å². The maximum absolute atomic E-state index is 13.2. The van der Waals surface area contributed by atoms with Crippen molar-refractivity contribution in [3.63, 3.8) is 0 Å². The number of methoxy groups -OCH3 is 1. The molecule has 0 radical (unpaired) electrons. The summed E-state index contributed by atoms with van der Waals surface area (Å²) in [4.78, 5) is 29.8. The van der Waals surface area contributed by atoms with Crippen molar-refractivity contribution in [1.29, 1.82) is 0 Å². The Kier molecular flexibility index (Phi) is 8.45. The zero-order valence-corrected chi connectivity index (χ0v) is 20.0. The lowest BCUT2D eigenvalue weighted by Gasteiger charge is -2.30. The summed E-state index contributed by atoms with van der Waals surface area (Å²) in [6.07, 6.45) is 1.96. The quantitative estimate of drug-likeness (QED) is 0.611. The number of benzene rings is 1. The Bertz CT molecular complexity index is 863. The van der Waals surface area contributed by atoms with E-state index in [1.165, 1.54) is 5.56 Å². The highest BCUT2D eigenvalue weighted by Crippen LogP contribution is 2.23. The van der Waals surface area contributed by atoms with Gasteiger partial charge in [0.1, 0.15) is 6.54 Å². The van der Waals surface area contributed by atoms with Crippen LogP contribution in [0.2, 0.25) is 0 Å². The van der Waals surface area contributed by atoms with Gasteiger partial charge in [0.05, 0.1) is 13.2 Å². The summed E-state index contributed by atoms with van der Waals surface area (Å²) in [6.45, 7) is 11.7. The number of amides is 2. The third kappa shape index (κ3) is 6.69. The zero-order valence-electron chi connectivity index (χ0n) is 20.0. The van der Waals surface area contributed by atoms with Crippen molar-refractivity contribution < 1.29 is 14.3 Å². The fourth-order valence-corrected chi connectivity index (χ4v) is 3.36. The Morgan fingerprint density at radius 2 is 1.74 bits per heavy atom. The zero-order chi connectivity index (χ0) is 23.2. The van der Waals surface area contributed by atoms with Gasteiger partial charge in [-0.25, -0.2) is 0 Å². The summed E-state index contributed by atoms with van der Waals surface area (Å²) in [5, 5.41) is 0. The first-order chi connectivity index (χ1) is 14.5. The smallest absolute Gasteiger partial charge is 0.254 e. The molecule has 0 fully saturated rings. The van der Waals surface area contributed by atoms with Crippen LogP contribution in [0.25, 0.3) is 0 Å². The van der Waals surface area contributed by atoms with Gasteiger partial charge >= 0.3 is 0 Å². The molecule has 2 rings (SSSR count). The molecule has 31 heavy (non-hydrogen) atoms. The number of ether oxygens (including phenoxy) is 1. The monoisotopic (exact) mass is 427 g/mol. The molecule has 0 N–H and O–H groups in total.